The lowest BCUT2D eigenvalue weighted by atomic mass is 10.1. The molecule has 9 nitrogen and oxygen atoms in total. The van der Waals surface area contributed by atoms with E-state index >= 15 is 0 Å². The van der Waals surface area contributed by atoms with Crippen LogP contribution in [0, 0.1) is 13.8 Å². The lowest BCUT2D eigenvalue weighted by molar-refractivity contribution is -0.119. The van der Waals surface area contributed by atoms with Gasteiger partial charge in [0.05, 0.1) is 18.0 Å². The van der Waals surface area contributed by atoms with Crippen molar-refractivity contribution in [2.24, 2.45) is 0 Å². The molecule has 2 N–H and O–H groups in total. The molecule has 1 heterocycles. The molecule has 0 bridgehead atoms. The number of benzene rings is 2. The predicted octanol–water partition coefficient (Wildman–Crippen LogP) is 3.12. The molecule has 0 saturated heterocycles. The standard InChI is InChI=1S/C20H22N6O3S/c1-12-5-10-17(13(2)11-12)21-19(28)22-18(27)14(3)30-20-23-24-25-26(20)15-6-8-16(29-4)9-7-15/h5-11,14H,1-4H3,(H2,21,22,27,28). The van der Waals surface area contributed by atoms with Gasteiger partial charge >= 0.3 is 6.03 Å². The Kier molecular flexibility index (Phi) is 6.68. The average Bonchev–Trinajstić information content (AvgIpc) is 3.18. The van der Waals surface area contributed by atoms with E-state index in [-0.39, 0.29) is 0 Å². The Balaban J connectivity index is 1.62. The van der Waals surface area contributed by atoms with Crippen molar-refractivity contribution >= 4 is 29.4 Å². The SMILES string of the molecule is COc1ccc(-n2nnnc2SC(C)C(=O)NC(=O)Nc2ccc(C)cc2C)cc1. The van der Waals surface area contributed by atoms with Crippen LogP contribution in [0.5, 0.6) is 5.75 Å². The van der Waals surface area contributed by atoms with E-state index in [2.05, 4.69) is 26.2 Å². The highest BCUT2D eigenvalue weighted by Gasteiger charge is 2.21. The minimum atomic E-state index is -0.599. The number of tetrazole rings is 1. The molecule has 1 aromatic heterocycles. The molecule has 0 aliphatic heterocycles. The summed E-state index contributed by atoms with van der Waals surface area (Å²) >= 11 is 1.15. The van der Waals surface area contributed by atoms with Crippen LogP contribution in [0.2, 0.25) is 0 Å². The van der Waals surface area contributed by atoms with E-state index in [0.717, 1.165) is 28.6 Å². The summed E-state index contributed by atoms with van der Waals surface area (Å²) < 4.78 is 6.67. The Morgan fingerprint density at radius 1 is 1.13 bits per heavy atom. The van der Waals surface area contributed by atoms with Gasteiger partial charge in [-0.1, -0.05) is 29.5 Å². The zero-order valence-corrected chi connectivity index (χ0v) is 17.9. The van der Waals surface area contributed by atoms with Gasteiger partial charge in [-0.05, 0) is 67.1 Å². The smallest absolute Gasteiger partial charge is 0.325 e. The van der Waals surface area contributed by atoms with Crippen LogP contribution in [-0.2, 0) is 4.79 Å². The van der Waals surface area contributed by atoms with Gasteiger partial charge in [-0.15, -0.1) is 5.10 Å². The number of urea groups is 1. The number of carbonyl (C=O) groups excluding carboxylic acids is 2. The van der Waals surface area contributed by atoms with Crippen molar-refractivity contribution in [2.45, 2.75) is 31.2 Å². The summed E-state index contributed by atoms with van der Waals surface area (Å²) in [5, 5.41) is 16.5. The Bertz CT molecular complexity index is 1050. The van der Waals surface area contributed by atoms with Crippen molar-refractivity contribution in [3.05, 3.63) is 53.6 Å². The number of anilines is 1. The molecular weight excluding hydrogens is 404 g/mol. The molecule has 3 rings (SSSR count). The van der Waals surface area contributed by atoms with Crippen LogP contribution >= 0.6 is 11.8 Å². The van der Waals surface area contributed by atoms with Gasteiger partial charge in [-0.2, -0.15) is 4.68 Å². The minimum absolute atomic E-state index is 0.428. The predicted molar refractivity (Wildman–Crippen MR) is 114 cm³/mol. The number of hydrogen-bond donors (Lipinski definition) is 2. The molecule has 3 amide bonds. The summed E-state index contributed by atoms with van der Waals surface area (Å²) in [6.45, 7) is 5.54. The van der Waals surface area contributed by atoms with Gasteiger partial charge in [0.15, 0.2) is 0 Å². The molecule has 0 saturated carbocycles. The summed E-state index contributed by atoms with van der Waals surface area (Å²) in [7, 11) is 1.59. The van der Waals surface area contributed by atoms with Gasteiger partial charge in [0.2, 0.25) is 11.1 Å². The number of methoxy groups -OCH3 is 1. The lowest BCUT2D eigenvalue weighted by Gasteiger charge is -2.13. The topological polar surface area (TPSA) is 111 Å². The van der Waals surface area contributed by atoms with Crippen LogP contribution in [-0.4, -0.2) is 44.5 Å². The zero-order valence-electron chi connectivity index (χ0n) is 17.0. The first-order valence-corrected chi connectivity index (χ1v) is 10.0. The van der Waals surface area contributed by atoms with Crippen LogP contribution in [0.25, 0.3) is 5.69 Å². The van der Waals surface area contributed by atoms with Crippen molar-refractivity contribution in [1.29, 1.82) is 0 Å². The number of carbonyl (C=O) groups is 2. The van der Waals surface area contributed by atoms with E-state index in [4.69, 9.17) is 4.74 Å². The molecule has 10 heteroatoms. The molecule has 0 fully saturated rings. The first kappa shape index (κ1) is 21.3. The van der Waals surface area contributed by atoms with Gasteiger partial charge in [-0.3, -0.25) is 10.1 Å². The average molecular weight is 427 g/mol. The molecule has 2 aromatic carbocycles. The van der Waals surface area contributed by atoms with Crippen LogP contribution in [0.3, 0.4) is 0 Å². The van der Waals surface area contributed by atoms with E-state index in [1.165, 1.54) is 4.68 Å². The number of aromatic nitrogens is 4. The second-order valence-corrected chi connectivity index (χ2v) is 7.90. The van der Waals surface area contributed by atoms with Crippen LogP contribution in [0.4, 0.5) is 10.5 Å². The second kappa shape index (κ2) is 9.40. The first-order valence-electron chi connectivity index (χ1n) is 9.16. The number of thioether (sulfide) groups is 1. The Hall–Kier alpha value is -3.40. The number of rotatable bonds is 6. The number of ether oxygens (including phenoxy) is 1. The number of aryl methyl sites for hydroxylation is 2. The molecule has 1 unspecified atom stereocenters. The van der Waals surface area contributed by atoms with Gasteiger partial charge in [0.25, 0.3) is 0 Å². The van der Waals surface area contributed by atoms with E-state index in [1.807, 2.05) is 26.0 Å². The first-order chi connectivity index (χ1) is 14.4. The Morgan fingerprint density at radius 2 is 1.87 bits per heavy atom. The third-order valence-corrected chi connectivity index (χ3v) is 5.31. The van der Waals surface area contributed by atoms with Crippen molar-refractivity contribution in [2.75, 3.05) is 12.4 Å². The summed E-state index contributed by atoms with van der Waals surface area (Å²) in [6.07, 6.45) is 0. The zero-order chi connectivity index (χ0) is 21.7. The van der Waals surface area contributed by atoms with Gasteiger partial charge in [0, 0.05) is 5.69 Å². The molecule has 30 heavy (non-hydrogen) atoms. The van der Waals surface area contributed by atoms with Crippen LogP contribution in [0.15, 0.2) is 47.6 Å². The van der Waals surface area contributed by atoms with Gasteiger partial charge < -0.3 is 10.1 Å². The van der Waals surface area contributed by atoms with Gasteiger partial charge in [0.1, 0.15) is 5.75 Å². The maximum atomic E-state index is 12.5. The number of hydrogen-bond acceptors (Lipinski definition) is 7. The fourth-order valence-corrected chi connectivity index (χ4v) is 3.48. The molecule has 0 aliphatic carbocycles. The normalized spacial score (nSPS) is 11.6. The van der Waals surface area contributed by atoms with Crippen LogP contribution < -0.4 is 15.4 Å². The van der Waals surface area contributed by atoms with E-state index in [9.17, 15) is 9.59 Å². The molecule has 3 aromatic rings. The highest BCUT2D eigenvalue weighted by Crippen LogP contribution is 2.24. The second-order valence-electron chi connectivity index (χ2n) is 6.59. The molecule has 0 radical (unpaired) electrons. The Morgan fingerprint density at radius 3 is 2.53 bits per heavy atom. The van der Waals surface area contributed by atoms with Crippen molar-refractivity contribution in [3.63, 3.8) is 0 Å². The van der Waals surface area contributed by atoms with E-state index in [1.54, 1.807) is 44.4 Å². The molecule has 156 valence electrons. The number of imide groups is 1. The van der Waals surface area contributed by atoms with Crippen molar-refractivity contribution in [3.8, 4) is 11.4 Å². The molecule has 0 spiro atoms. The third-order valence-electron chi connectivity index (χ3n) is 4.28. The summed E-state index contributed by atoms with van der Waals surface area (Å²) in [5.74, 6) is 0.259. The summed E-state index contributed by atoms with van der Waals surface area (Å²) in [5.41, 5.74) is 3.38. The summed E-state index contributed by atoms with van der Waals surface area (Å²) in [4.78, 5) is 24.7. The molecule has 1 atom stereocenters. The van der Waals surface area contributed by atoms with Gasteiger partial charge in [-0.25, -0.2) is 4.79 Å². The number of amides is 3. The minimum Gasteiger partial charge on any atom is -0.497 e. The number of nitrogens with one attached hydrogen (secondary N) is 2. The van der Waals surface area contributed by atoms with E-state index in [0.29, 0.717) is 16.6 Å². The Labute approximate surface area is 178 Å². The third kappa shape index (κ3) is 5.15. The maximum Gasteiger partial charge on any atom is 0.325 e. The number of nitrogens with zero attached hydrogens (tertiary/aromatic N) is 4. The molecule has 0 aliphatic rings. The van der Waals surface area contributed by atoms with E-state index < -0.39 is 17.2 Å². The lowest BCUT2D eigenvalue weighted by Crippen LogP contribution is -2.39. The summed E-state index contributed by atoms with van der Waals surface area (Å²) in [6, 6.07) is 12.3. The van der Waals surface area contributed by atoms with Crippen molar-refractivity contribution in [1.82, 2.24) is 25.5 Å². The monoisotopic (exact) mass is 426 g/mol. The largest absolute Gasteiger partial charge is 0.497 e. The maximum absolute atomic E-state index is 12.5. The van der Waals surface area contributed by atoms with Crippen molar-refractivity contribution < 1.29 is 14.3 Å². The van der Waals surface area contributed by atoms with Crippen LogP contribution in [0.1, 0.15) is 18.1 Å². The quantitative estimate of drug-likeness (QED) is 0.583. The fraction of sp³-hybridized carbons (Fsp3) is 0.250. The highest BCUT2D eigenvalue weighted by molar-refractivity contribution is 8.00. The highest BCUT2D eigenvalue weighted by atomic mass is 32.2. The fourth-order valence-electron chi connectivity index (χ4n) is 2.67. The molecular formula is C20H22N6O3S.